The Morgan fingerprint density at radius 1 is 1.19 bits per heavy atom. The summed E-state index contributed by atoms with van der Waals surface area (Å²) in [6.45, 7) is 1.41. The lowest BCUT2D eigenvalue weighted by Crippen LogP contribution is -2.60. The zero-order chi connectivity index (χ0) is 18.6. The molecule has 3 aliphatic heterocycles. The van der Waals surface area contributed by atoms with Crippen molar-refractivity contribution in [2.45, 2.75) is 12.2 Å². The lowest BCUT2D eigenvalue weighted by molar-refractivity contribution is -0.136. The molecule has 1 saturated heterocycles. The molecule has 1 unspecified atom stereocenters. The van der Waals surface area contributed by atoms with Gasteiger partial charge >= 0.3 is 0 Å². The van der Waals surface area contributed by atoms with Crippen molar-refractivity contribution >= 4 is 11.8 Å². The molecule has 0 spiro atoms. The van der Waals surface area contributed by atoms with E-state index in [1.165, 1.54) is 18.4 Å². The number of benzene rings is 1. The Kier molecular flexibility index (Phi) is 3.30. The molecule has 5 rings (SSSR count). The van der Waals surface area contributed by atoms with Crippen LogP contribution in [0.3, 0.4) is 0 Å². The Morgan fingerprint density at radius 2 is 2.00 bits per heavy atom. The minimum atomic E-state index is -1.01. The highest BCUT2D eigenvalue weighted by Gasteiger charge is 2.56. The summed E-state index contributed by atoms with van der Waals surface area (Å²) in [5.41, 5.74) is 0.619. The SMILES string of the molecule is O=C(C1=COCN1)N1CCN2C(=O)c3cccn3CC12c1ccc(F)cc1. The van der Waals surface area contributed by atoms with E-state index >= 15 is 0 Å². The first-order valence-corrected chi connectivity index (χ1v) is 8.72. The first-order valence-electron chi connectivity index (χ1n) is 8.72. The Bertz CT molecular complexity index is 968. The van der Waals surface area contributed by atoms with Gasteiger partial charge in [0.2, 0.25) is 0 Å². The number of fused-ring (bicyclic) bond motifs is 2. The third kappa shape index (κ3) is 2.12. The standard InChI is InChI=1S/C19H17FN4O3/c20-14-5-3-13(4-6-14)19-11-22-7-1-2-16(22)18(26)24(19)9-8-23(19)17(25)15-10-27-12-21-15/h1-7,10,21H,8-9,11-12H2. The van der Waals surface area contributed by atoms with Crippen molar-refractivity contribution in [2.24, 2.45) is 0 Å². The zero-order valence-corrected chi connectivity index (χ0v) is 14.4. The van der Waals surface area contributed by atoms with Crippen molar-refractivity contribution in [2.75, 3.05) is 19.8 Å². The third-order valence-electron chi connectivity index (χ3n) is 5.45. The summed E-state index contributed by atoms with van der Waals surface area (Å²) in [5, 5.41) is 2.91. The van der Waals surface area contributed by atoms with Crippen molar-refractivity contribution in [1.82, 2.24) is 19.7 Å². The molecule has 7 nitrogen and oxygen atoms in total. The molecule has 1 aromatic heterocycles. The molecular formula is C19H17FN4O3. The van der Waals surface area contributed by atoms with Crippen molar-refractivity contribution in [1.29, 1.82) is 0 Å². The molecule has 1 atom stereocenters. The number of nitrogens with zero attached hydrogens (tertiary/aromatic N) is 3. The van der Waals surface area contributed by atoms with E-state index in [4.69, 9.17) is 4.74 Å². The van der Waals surface area contributed by atoms with Crippen molar-refractivity contribution < 1.29 is 18.7 Å². The van der Waals surface area contributed by atoms with Crippen LogP contribution in [0.25, 0.3) is 0 Å². The molecule has 8 heteroatoms. The van der Waals surface area contributed by atoms with Crippen LogP contribution >= 0.6 is 0 Å². The highest BCUT2D eigenvalue weighted by atomic mass is 19.1. The Labute approximate surface area is 154 Å². The molecule has 1 aromatic carbocycles. The molecule has 0 bridgehead atoms. The average molecular weight is 368 g/mol. The van der Waals surface area contributed by atoms with E-state index in [9.17, 15) is 14.0 Å². The fraction of sp³-hybridized carbons (Fsp3) is 0.263. The van der Waals surface area contributed by atoms with E-state index in [1.54, 1.807) is 28.0 Å². The maximum Gasteiger partial charge on any atom is 0.275 e. The maximum absolute atomic E-state index is 13.6. The summed E-state index contributed by atoms with van der Waals surface area (Å²) in [6.07, 6.45) is 3.22. The van der Waals surface area contributed by atoms with Crippen LogP contribution in [0.2, 0.25) is 0 Å². The van der Waals surface area contributed by atoms with E-state index in [2.05, 4.69) is 5.32 Å². The van der Waals surface area contributed by atoms with Crippen LogP contribution in [0.4, 0.5) is 4.39 Å². The topological polar surface area (TPSA) is 66.8 Å². The summed E-state index contributed by atoms with van der Waals surface area (Å²) in [5.74, 6) is -0.756. The zero-order valence-electron chi connectivity index (χ0n) is 14.4. The van der Waals surface area contributed by atoms with Crippen LogP contribution < -0.4 is 5.32 Å². The van der Waals surface area contributed by atoms with Gasteiger partial charge in [-0.05, 0) is 24.3 Å². The van der Waals surface area contributed by atoms with E-state index in [-0.39, 0.29) is 24.4 Å². The third-order valence-corrected chi connectivity index (χ3v) is 5.45. The fourth-order valence-corrected chi connectivity index (χ4v) is 4.22. The lowest BCUT2D eigenvalue weighted by Gasteiger charge is -2.47. The van der Waals surface area contributed by atoms with Crippen molar-refractivity contribution in [3.8, 4) is 0 Å². The number of amides is 2. The normalized spacial score (nSPS) is 23.4. The molecule has 0 aliphatic carbocycles. The van der Waals surface area contributed by atoms with Gasteiger partial charge in [-0.25, -0.2) is 4.39 Å². The van der Waals surface area contributed by atoms with Gasteiger partial charge in [0.05, 0.1) is 6.54 Å². The highest BCUT2D eigenvalue weighted by molar-refractivity contribution is 5.97. The van der Waals surface area contributed by atoms with Gasteiger partial charge in [-0.1, -0.05) is 12.1 Å². The maximum atomic E-state index is 13.6. The van der Waals surface area contributed by atoms with E-state index < -0.39 is 5.66 Å². The van der Waals surface area contributed by atoms with Gasteiger partial charge in [-0.3, -0.25) is 9.59 Å². The lowest BCUT2D eigenvalue weighted by atomic mass is 9.94. The van der Waals surface area contributed by atoms with E-state index in [1.807, 2.05) is 16.8 Å². The van der Waals surface area contributed by atoms with Crippen molar-refractivity contribution in [3.05, 3.63) is 71.6 Å². The van der Waals surface area contributed by atoms with Gasteiger partial charge in [0, 0.05) is 24.8 Å². The predicted molar refractivity (Wildman–Crippen MR) is 92.4 cm³/mol. The predicted octanol–water partition coefficient (Wildman–Crippen LogP) is 1.20. The summed E-state index contributed by atoms with van der Waals surface area (Å²) < 4.78 is 20.5. The Hall–Kier alpha value is -3.29. The second kappa shape index (κ2) is 5.60. The van der Waals surface area contributed by atoms with Gasteiger partial charge < -0.3 is 24.4 Å². The molecule has 0 saturated carbocycles. The molecule has 138 valence electrons. The highest BCUT2D eigenvalue weighted by Crippen LogP contribution is 2.43. The minimum Gasteiger partial charge on any atom is -0.479 e. The molecule has 2 aromatic rings. The van der Waals surface area contributed by atoms with Crippen LogP contribution in [0, 0.1) is 5.82 Å². The van der Waals surface area contributed by atoms with Crippen LogP contribution in [0.15, 0.2) is 54.6 Å². The number of rotatable bonds is 2. The van der Waals surface area contributed by atoms with Crippen molar-refractivity contribution in [3.63, 3.8) is 0 Å². The number of ether oxygens (including phenoxy) is 1. The number of hydrogen-bond donors (Lipinski definition) is 1. The monoisotopic (exact) mass is 368 g/mol. The summed E-state index contributed by atoms with van der Waals surface area (Å²) >= 11 is 0. The smallest absolute Gasteiger partial charge is 0.275 e. The second-order valence-electron chi connectivity index (χ2n) is 6.78. The summed E-state index contributed by atoms with van der Waals surface area (Å²) in [6, 6.07) is 9.58. The van der Waals surface area contributed by atoms with Gasteiger partial charge in [0.25, 0.3) is 11.8 Å². The van der Waals surface area contributed by atoms with E-state index in [0.717, 1.165) is 0 Å². The number of carbonyl (C=O) groups is 2. The van der Waals surface area contributed by atoms with Gasteiger partial charge in [0.1, 0.15) is 23.5 Å². The van der Waals surface area contributed by atoms with Gasteiger partial charge in [-0.15, -0.1) is 0 Å². The number of halogens is 1. The van der Waals surface area contributed by atoms with Gasteiger partial charge in [0.15, 0.2) is 12.4 Å². The molecule has 4 heterocycles. The Balaban J connectivity index is 1.68. The molecule has 2 amide bonds. The molecule has 3 aliphatic rings. The largest absolute Gasteiger partial charge is 0.479 e. The van der Waals surface area contributed by atoms with Crippen LogP contribution in [0.1, 0.15) is 16.1 Å². The number of aromatic nitrogens is 1. The number of hydrogen-bond acceptors (Lipinski definition) is 4. The quantitative estimate of drug-likeness (QED) is 0.865. The van der Waals surface area contributed by atoms with Crippen LogP contribution in [0.5, 0.6) is 0 Å². The molecular weight excluding hydrogens is 351 g/mol. The fourth-order valence-electron chi connectivity index (χ4n) is 4.22. The average Bonchev–Trinajstić information content (AvgIpc) is 3.41. The van der Waals surface area contributed by atoms with E-state index in [0.29, 0.717) is 36.6 Å². The molecule has 0 radical (unpaired) electrons. The molecule has 1 fully saturated rings. The minimum absolute atomic E-state index is 0.143. The first-order chi connectivity index (χ1) is 13.1. The number of nitrogens with one attached hydrogen (secondary N) is 1. The van der Waals surface area contributed by atoms with Crippen LogP contribution in [-0.2, 0) is 21.7 Å². The summed E-state index contributed by atoms with van der Waals surface area (Å²) in [7, 11) is 0. The van der Waals surface area contributed by atoms with Gasteiger partial charge in [-0.2, -0.15) is 0 Å². The summed E-state index contributed by atoms with van der Waals surface area (Å²) in [4.78, 5) is 29.7. The first kappa shape index (κ1) is 15.9. The molecule has 27 heavy (non-hydrogen) atoms. The number of carbonyl (C=O) groups excluding carboxylic acids is 2. The van der Waals surface area contributed by atoms with Crippen LogP contribution in [-0.4, -0.2) is 46.0 Å². The second-order valence-corrected chi connectivity index (χ2v) is 6.78. The Morgan fingerprint density at radius 3 is 2.74 bits per heavy atom. The molecule has 1 N–H and O–H groups in total.